The molecule has 1 heterocycles. The van der Waals surface area contributed by atoms with E-state index in [1.54, 1.807) is 0 Å². The summed E-state index contributed by atoms with van der Waals surface area (Å²) in [6, 6.07) is 51.7. The number of benzene rings is 6. The van der Waals surface area contributed by atoms with Crippen molar-refractivity contribution in [2.45, 2.75) is 40.0 Å². The lowest BCUT2D eigenvalue weighted by Crippen LogP contribution is -2.14. The van der Waals surface area contributed by atoms with E-state index in [1.807, 2.05) is 18.2 Å². The number of aryl methyl sites for hydroxylation is 3. The molecule has 1 nitrogen and oxygen atoms in total. The molecule has 0 atom stereocenters. The van der Waals surface area contributed by atoms with Crippen LogP contribution in [-0.4, -0.2) is 4.57 Å². The molecule has 8 rings (SSSR count). The first kappa shape index (κ1) is 28.2. The van der Waals surface area contributed by atoms with Gasteiger partial charge in [-0.15, -0.1) is 0 Å². The SMILES string of the molecule is Cc1ccc2c(c1)-c1ccccc1C2(C)C.Cc1ccc2c3ccccc3n(-c3ccccc3)c2c1.Cc1ccccc1. The van der Waals surface area contributed by atoms with Crippen LogP contribution in [0.4, 0.5) is 0 Å². The average molecular weight is 558 g/mol. The molecule has 6 aromatic carbocycles. The molecule has 1 aromatic heterocycles. The van der Waals surface area contributed by atoms with Crippen LogP contribution in [0.25, 0.3) is 38.6 Å². The smallest absolute Gasteiger partial charge is 0.0543 e. The molecule has 7 aromatic rings. The predicted octanol–water partition coefficient (Wildman–Crippen LogP) is 11.4. The maximum atomic E-state index is 2.34. The van der Waals surface area contributed by atoms with Crippen LogP contribution < -0.4 is 0 Å². The maximum absolute atomic E-state index is 2.34. The van der Waals surface area contributed by atoms with Crippen LogP contribution in [0, 0.1) is 20.8 Å². The summed E-state index contributed by atoms with van der Waals surface area (Å²) in [7, 11) is 0. The zero-order chi connectivity index (χ0) is 30.0. The number of nitrogens with zero attached hydrogens (tertiary/aromatic N) is 1. The molecule has 0 radical (unpaired) electrons. The second-order valence-corrected chi connectivity index (χ2v) is 12.1. The predicted molar refractivity (Wildman–Crippen MR) is 185 cm³/mol. The molecule has 0 saturated heterocycles. The fourth-order valence-corrected chi connectivity index (χ4v) is 6.30. The van der Waals surface area contributed by atoms with Gasteiger partial charge in [-0.05, 0) is 72.9 Å². The molecule has 0 spiro atoms. The molecule has 212 valence electrons. The van der Waals surface area contributed by atoms with Gasteiger partial charge in [0, 0.05) is 21.9 Å². The highest BCUT2D eigenvalue weighted by Crippen LogP contribution is 2.48. The summed E-state index contributed by atoms with van der Waals surface area (Å²) >= 11 is 0. The quantitative estimate of drug-likeness (QED) is 0.189. The minimum absolute atomic E-state index is 0.152. The van der Waals surface area contributed by atoms with Gasteiger partial charge in [0.1, 0.15) is 0 Å². The van der Waals surface area contributed by atoms with E-state index in [4.69, 9.17) is 0 Å². The highest BCUT2D eigenvalue weighted by atomic mass is 15.0. The standard InChI is InChI=1S/C19H15N.C16H16.C7H8/c1-14-11-12-17-16-9-5-6-10-18(16)20(19(17)13-14)15-7-3-2-4-8-15;1-11-8-9-15-13(10-11)12-6-4-5-7-14(12)16(15,2)3;1-7-5-3-2-4-6-7/h2-13H,1H3;4-10H,1-3H3;2-6H,1H3. The van der Waals surface area contributed by atoms with Crippen molar-refractivity contribution in [1.82, 2.24) is 4.57 Å². The van der Waals surface area contributed by atoms with Gasteiger partial charge in [-0.3, -0.25) is 0 Å². The number of para-hydroxylation sites is 2. The molecule has 43 heavy (non-hydrogen) atoms. The van der Waals surface area contributed by atoms with E-state index in [0.29, 0.717) is 0 Å². The molecule has 1 aliphatic rings. The van der Waals surface area contributed by atoms with Crippen molar-refractivity contribution in [3.05, 3.63) is 173 Å². The molecular formula is C42H39N. The van der Waals surface area contributed by atoms with Gasteiger partial charge in [-0.1, -0.05) is 146 Å². The third-order valence-corrected chi connectivity index (χ3v) is 8.52. The van der Waals surface area contributed by atoms with Crippen LogP contribution in [0.3, 0.4) is 0 Å². The Morgan fingerprint density at radius 2 is 0.977 bits per heavy atom. The summed E-state index contributed by atoms with van der Waals surface area (Å²) in [6.45, 7) is 11.0. The van der Waals surface area contributed by atoms with Crippen LogP contribution in [-0.2, 0) is 5.41 Å². The Morgan fingerprint density at radius 3 is 1.70 bits per heavy atom. The first-order valence-electron chi connectivity index (χ1n) is 15.1. The Labute approximate surface area is 256 Å². The molecule has 0 amide bonds. The second kappa shape index (κ2) is 11.8. The number of hydrogen-bond donors (Lipinski definition) is 0. The van der Waals surface area contributed by atoms with Crippen molar-refractivity contribution in [2.24, 2.45) is 0 Å². The Balaban J connectivity index is 0.000000128. The zero-order valence-corrected chi connectivity index (χ0v) is 25.8. The Hall–Kier alpha value is -4.88. The third-order valence-electron chi connectivity index (χ3n) is 8.52. The normalized spacial score (nSPS) is 12.5. The molecular weight excluding hydrogens is 518 g/mol. The van der Waals surface area contributed by atoms with E-state index in [-0.39, 0.29) is 5.41 Å². The average Bonchev–Trinajstić information content (AvgIpc) is 3.47. The molecule has 1 aliphatic carbocycles. The fraction of sp³-hybridized carbons (Fsp3) is 0.143. The first-order valence-corrected chi connectivity index (χ1v) is 15.1. The van der Waals surface area contributed by atoms with Crippen LogP contribution in [0.1, 0.15) is 41.7 Å². The summed E-state index contributed by atoms with van der Waals surface area (Å²) in [5.74, 6) is 0. The topological polar surface area (TPSA) is 4.93 Å². The van der Waals surface area contributed by atoms with E-state index in [1.165, 1.54) is 66.4 Å². The lowest BCUT2D eigenvalue weighted by atomic mass is 9.82. The Kier molecular flexibility index (Phi) is 7.74. The summed E-state index contributed by atoms with van der Waals surface area (Å²) in [4.78, 5) is 0. The van der Waals surface area contributed by atoms with Gasteiger partial charge in [0.05, 0.1) is 11.0 Å². The molecule has 0 N–H and O–H groups in total. The Bertz CT molecular complexity index is 2010. The highest BCUT2D eigenvalue weighted by Gasteiger charge is 2.34. The van der Waals surface area contributed by atoms with E-state index in [2.05, 4.69) is 167 Å². The molecule has 0 bridgehead atoms. The minimum Gasteiger partial charge on any atom is -0.309 e. The molecule has 0 fully saturated rings. The largest absolute Gasteiger partial charge is 0.309 e. The van der Waals surface area contributed by atoms with Gasteiger partial charge in [0.2, 0.25) is 0 Å². The number of rotatable bonds is 1. The number of hydrogen-bond acceptors (Lipinski definition) is 0. The van der Waals surface area contributed by atoms with Crippen molar-refractivity contribution in [3.63, 3.8) is 0 Å². The van der Waals surface area contributed by atoms with Crippen molar-refractivity contribution in [3.8, 4) is 16.8 Å². The molecule has 1 heteroatoms. The van der Waals surface area contributed by atoms with Gasteiger partial charge in [-0.2, -0.15) is 0 Å². The summed E-state index contributed by atoms with van der Waals surface area (Å²) in [6.07, 6.45) is 0. The number of aromatic nitrogens is 1. The van der Waals surface area contributed by atoms with Gasteiger partial charge < -0.3 is 4.57 Å². The van der Waals surface area contributed by atoms with Crippen molar-refractivity contribution in [2.75, 3.05) is 0 Å². The van der Waals surface area contributed by atoms with Crippen molar-refractivity contribution >= 4 is 21.8 Å². The summed E-state index contributed by atoms with van der Waals surface area (Å²) in [5, 5.41) is 2.63. The fourth-order valence-electron chi connectivity index (χ4n) is 6.30. The van der Waals surface area contributed by atoms with Crippen LogP contribution in [0.15, 0.2) is 146 Å². The van der Waals surface area contributed by atoms with E-state index in [9.17, 15) is 0 Å². The van der Waals surface area contributed by atoms with Gasteiger partial charge in [0.15, 0.2) is 0 Å². The van der Waals surface area contributed by atoms with E-state index in [0.717, 1.165) is 0 Å². The van der Waals surface area contributed by atoms with Crippen LogP contribution in [0.2, 0.25) is 0 Å². The van der Waals surface area contributed by atoms with Gasteiger partial charge in [-0.25, -0.2) is 0 Å². The van der Waals surface area contributed by atoms with E-state index >= 15 is 0 Å². The lowest BCUT2D eigenvalue weighted by Gasteiger charge is -2.21. The highest BCUT2D eigenvalue weighted by molar-refractivity contribution is 6.09. The monoisotopic (exact) mass is 557 g/mol. The van der Waals surface area contributed by atoms with Crippen molar-refractivity contribution in [1.29, 1.82) is 0 Å². The Morgan fingerprint density at radius 1 is 0.419 bits per heavy atom. The van der Waals surface area contributed by atoms with Gasteiger partial charge >= 0.3 is 0 Å². The van der Waals surface area contributed by atoms with E-state index < -0.39 is 0 Å². The lowest BCUT2D eigenvalue weighted by molar-refractivity contribution is 0.660. The van der Waals surface area contributed by atoms with Crippen LogP contribution >= 0.6 is 0 Å². The number of fused-ring (bicyclic) bond motifs is 6. The molecule has 0 unspecified atom stereocenters. The minimum atomic E-state index is 0.152. The molecule has 0 aliphatic heterocycles. The summed E-state index contributed by atoms with van der Waals surface area (Å²) in [5.41, 5.74) is 13.6. The first-order chi connectivity index (χ1) is 20.8. The third kappa shape index (κ3) is 5.51. The van der Waals surface area contributed by atoms with Crippen molar-refractivity contribution < 1.29 is 0 Å². The summed E-state index contributed by atoms with van der Waals surface area (Å²) < 4.78 is 2.34. The van der Waals surface area contributed by atoms with Gasteiger partial charge in [0.25, 0.3) is 0 Å². The van der Waals surface area contributed by atoms with Crippen LogP contribution in [0.5, 0.6) is 0 Å². The maximum Gasteiger partial charge on any atom is 0.0543 e. The second-order valence-electron chi connectivity index (χ2n) is 12.1. The zero-order valence-electron chi connectivity index (χ0n) is 25.8. The molecule has 0 saturated carbocycles.